The van der Waals surface area contributed by atoms with Crippen LogP contribution in [0.15, 0.2) is 18.2 Å². The van der Waals surface area contributed by atoms with Gasteiger partial charge in [-0.15, -0.1) is 12.4 Å². The zero-order valence-corrected chi connectivity index (χ0v) is 11.9. The van der Waals surface area contributed by atoms with Gasteiger partial charge in [-0.05, 0) is 25.5 Å². The first-order valence-electron chi connectivity index (χ1n) is 5.46. The first kappa shape index (κ1) is 17.0. The van der Waals surface area contributed by atoms with Crippen LogP contribution in [-0.4, -0.2) is 16.6 Å². The van der Waals surface area contributed by atoms with E-state index in [2.05, 4.69) is 5.32 Å². The molecule has 0 aromatic heterocycles. The Balaban J connectivity index is 0.00000289. The van der Waals surface area contributed by atoms with Crippen LogP contribution in [0.1, 0.15) is 26.7 Å². The van der Waals surface area contributed by atoms with Crippen LogP contribution in [0, 0.1) is 0 Å². The number of anilines is 1. The molecule has 1 atom stereocenters. The molecule has 0 aliphatic carbocycles. The number of benzene rings is 1. The lowest BCUT2D eigenvalue weighted by molar-refractivity contribution is -0.120. The highest BCUT2D eigenvalue weighted by Gasteiger charge is 2.27. The highest BCUT2D eigenvalue weighted by atomic mass is 35.5. The number of nitrogens with two attached hydrogens (primary N) is 1. The van der Waals surface area contributed by atoms with Gasteiger partial charge in [-0.2, -0.15) is 0 Å². The summed E-state index contributed by atoms with van der Waals surface area (Å²) in [7, 11) is 0. The Morgan fingerprint density at radius 2 is 2.17 bits per heavy atom. The van der Waals surface area contributed by atoms with E-state index in [-0.39, 0.29) is 34.8 Å². The Labute approximate surface area is 118 Å². The topological polar surface area (TPSA) is 75.4 Å². The van der Waals surface area contributed by atoms with Crippen molar-refractivity contribution in [3.63, 3.8) is 0 Å². The van der Waals surface area contributed by atoms with Gasteiger partial charge >= 0.3 is 0 Å². The molecule has 0 aliphatic heterocycles. The van der Waals surface area contributed by atoms with E-state index in [0.717, 1.165) is 6.42 Å². The van der Waals surface area contributed by atoms with E-state index in [1.54, 1.807) is 25.1 Å². The average Bonchev–Trinajstić information content (AvgIpc) is 2.24. The minimum atomic E-state index is -0.955. The number of hydrogen-bond donors (Lipinski definition) is 3. The van der Waals surface area contributed by atoms with Crippen molar-refractivity contribution in [1.82, 2.24) is 0 Å². The third-order valence-corrected chi connectivity index (χ3v) is 2.83. The van der Waals surface area contributed by atoms with Gasteiger partial charge in [-0.25, -0.2) is 0 Å². The van der Waals surface area contributed by atoms with Crippen molar-refractivity contribution >= 4 is 35.6 Å². The third kappa shape index (κ3) is 4.05. The van der Waals surface area contributed by atoms with Gasteiger partial charge in [-0.3, -0.25) is 4.79 Å². The van der Waals surface area contributed by atoms with Crippen LogP contribution in [0.5, 0.6) is 5.75 Å². The van der Waals surface area contributed by atoms with Gasteiger partial charge in [-0.1, -0.05) is 31.0 Å². The van der Waals surface area contributed by atoms with Gasteiger partial charge in [0, 0.05) is 0 Å². The van der Waals surface area contributed by atoms with Crippen molar-refractivity contribution in [3.05, 3.63) is 23.2 Å². The Morgan fingerprint density at radius 1 is 1.56 bits per heavy atom. The fourth-order valence-corrected chi connectivity index (χ4v) is 1.69. The SMILES string of the molecule is CCCC(C)(N)C(=O)Nc1cccc(Cl)c1O.Cl. The highest BCUT2D eigenvalue weighted by Crippen LogP contribution is 2.31. The maximum atomic E-state index is 11.9. The maximum Gasteiger partial charge on any atom is 0.244 e. The summed E-state index contributed by atoms with van der Waals surface area (Å²) in [4.78, 5) is 11.9. The molecule has 0 saturated carbocycles. The molecule has 0 fully saturated rings. The minimum absolute atomic E-state index is 0. The predicted octanol–water partition coefficient (Wildman–Crippen LogP) is 2.92. The van der Waals surface area contributed by atoms with Crippen LogP contribution in [-0.2, 0) is 4.79 Å². The second-order valence-corrected chi connectivity index (χ2v) is 4.66. The number of hydrogen-bond acceptors (Lipinski definition) is 3. The van der Waals surface area contributed by atoms with E-state index < -0.39 is 5.54 Å². The first-order chi connectivity index (χ1) is 7.88. The summed E-state index contributed by atoms with van der Waals surface area (Å²) in [6.45, 7) is 3.61. The van der Waals surface area contributed by atoms with Crippen molar-refractivity contribution in [2.45, 2.75) is 32.2 Å². The van der Waals surface area contributed by atoms with Crippen molar-refractivity contribution in [1.29, 1.82) is 0 Å². The van der Waals surface area contributed by atoms with Crippen LogP contribution in [0.4, 0.5) is 5.69 Å². The average molecular weight is 293 g/mol. The summed E-state index contributed by atoms with van der Waals surface area (Å²) in [5.41, 5.74) is 5.20. The molecule has 102 valence electrons. The van der Waals surface area contributed by atoms with E-state index in [9.17, 15) is 9.90 Å². The molecule has 1 aromatic carbocycles. The Morgan fingerprint density at radius 3 is 2.72 bits per heavy atom. The van der Waals surface area contributed by atoms with Crippen LogP contribution in [0.3, 0.4) is 0 Å². The molecule has 0 radical (unpaired) electrons. The number of halogens is 2. The van der Waals surface area contributed by atoms with Gasteiger partial charge in [0.25, 0.3) is 0 Å². The molecule has 4 N–H and O–H groups in total. The van der Waals surface area contributed by atoms with Gasteiger partial charge in [0.1, 0.15) is 0 Å². The summed E-state index contributed by atoms with van der Waals surface area (Å²) in [5.74, 6) is -0.480. The lowest BCUT2D eigenvalue weighted by Crippen LogP contribution is -2.48. The number of carbonyl (C=O) groups excluding carboxylic acids is 1. The highest BCUT2D eigenvalue weighted by molar-refractivity contribution is 6.32. The predicted molar refractivity (Wildman–Crippen MR) is 76.5 cm³/mol. The molecule has 6 heteroatoms. The van der Waals surface area contributed by atoms with Gasteiger partial charge < -0.3 is 16.2 Å². The summed E-state index contributed by atoms with van der Waals surface area (Å²) >= 11 is 5.74. The van der Waals surface area contributed by atoms with Crippen LogP contribution < -0.4 is 11.1 Å². The second-order valence-electron chi connectivity index (χ2n) is 4.26. The molecule has 0 spiro atoms. The van der Waals surface area contributed by atoms with Crippen molar-refractivity contribution in [3.8, 4) is 5.75 Å². The molecule has 1 aromatic rings. The van der Waals surface area contributed by atoms with Crippen molar-refractivity contribution in [2.24, 2.45) is 5.73 Å². The normalized spacial score (nSPS) is 13.3. The van der Waals surface area contributed by atoms with Crippen molar-refractivity contribution in [2.75, 3.05) is 5.32 Å². The molecule has 1 amide bonds. The standard InChI is InChI=1S/C12H17ClN2O2.ClH/c1-3-7-12(2,14)11(17)15-9-6-4-5-8(13)10(9)16;/h4-6,16H,3,7,14H2,1-2H3,(H,15,17);1H. The number of phenolic OH excluding ortho intramolecular Hbond substituents is 1. The van der Waals surface area contributed by atoms with Crippen molar-refractivity contribution < 1.29 is 9.90 Å². The molecule has 0 saturated heterocycles. The maximum absolute atomic E-state index is 11.9. The smallest absolute Gasteiger partial charge is 0.244 e. The fourth-order valence-electron chi connectivity index (χ4n) is 1.51. The second kappa shape index (κ2) is 6.83. The lowest BCUT2D eigenvalue weighted by Gasteiger charge is -2.23. The Hall–Kier alpha value is -0.970. The molecule has 18 heavy (non-hydrogen) atoms. The van der Waals surface area contributed by atoms with Gasteiger partial charge in [0.2, 0.25) is 5.91 Å². The van der Waals surface area contributed by atoms with Crippen LogP contribution in [0.2, 0.25) is 5.02 Å². The molecule has 0 aliphatic rings. The summed E-state index contributed by atoms with van der Waals surface area (Å²) in [5, 5.41) is 12.4. The van der Waals surface area contributed by atoms with E-state index in [4.69, 9.17) is 17.3 Å². The van der Waals surface area contributed by atoms with E-state index in [1.165, 1.54) is 0 Å². The summed E-state index contributed by atoms with van der Waals surface area (Å²) < 4.78 is 0. The summed E-state index contributed by atoms with van der Waals surface area (Å²) in [6.07, 6.45) is 1.38. The zero-order valence-electron chi connectivity index (χ0n) is 10.4. The number of phenols is 1. The van der Waals surface area contributed by atoms with E-state index in [0.29, 0.717) is 6.42 Å². The van der Waals surface area contributed by atoms with Crippen LogP contribution >= 0.6 is 24.0 Å². The van der Waals surface area contributed by atoms with E-state index >= 15 is 0 Å². The Kier molecular flexibility index (Phi) is 6.46. The number of para-hydroxylation sites is 1. The third-order valence-electron chi connectivity index (χ3n) is 2.52. The number of rotatable bonds is 4. The van der Waals surface area contributed by atoms with Gasteiger partial charge in [0.05, 0.1) is 16.2 Å². The monoisotopic (exact) mass is 292 g/mol. The molecular weight excluding hydrogens is 275 g/mol. The van der Waals surface area contributed by atoms with Crippen LogP contribution in [0.25, 0.3) is 0 Å². The van der Waals surface area contributed by atoms with E-state index in [1.807, 2.05) is 6.92 Å². The number of aromatic hydroxyl groups is 1. The summed E-state index contributed by atoms with van der Waals surface area (Å²) in [6, 6.07) is 4.76. The molecule has 1 unspecified atom stereocenters. The zero-order chi connectivity index (χ0) is 13.1. The molecule has 0 heterocycles. The fraction of sp³-hybridized carbons (Fsp3) is 0.417. The largest absolute Gasteiger partial charge is 0.504 e. The van der Waals surface area contributed by atoms with Gasteiger partial charge in [0.15, 0.2) is 5.75 Å². The lowest BCUT2D eigenvalue weighted by atomic mass is 9.96. The molecule has 0 bridgehead atoms. The Bertz CT molecular complexity index is 423. The first-order valence-corrected chi connectivity index (χ1v) is 5.84. The molecular formula is C12H18Cl2N2O2. The number of nitrogens with one attached hydrogen (secondary N) is 1. The number of amides is 1. The number of carbonyl (C=O) groups is 1. The quantitative estimate of drug-likeness (QED) is 0.747. The molecule has 1 rings (SSSR count). The minimum Gasteiger partial charge on any atom is -0.504 e. The molecule has 4 nitrogen and oxygen atoms in total.